The first-order valence-corrected chi connectivity index (χ1v) is 7.66. The Kier molecular flexibility index (Phi) is 4.11. The Hall–Kier alpha value is -1.06. The van der Waals surface area contributed by atoms with Gasteiger partial charge in [0, 0.05) is 0 Å². The molecule has 1 aliphatic heterocycles. The maximum atomic E-state index is 5.95. The molecule has 1 aromatic rings. The monoisotopic (exact) mass is 286 g/mol. The van der Waals surface area contributed by atoms with Gasteiger partial charge < -0.3 is 9.31 Å². The average Bonchev–Trinajstić information content (AvgIpc) is 2.55. The molecule has 1 heterocycles. The van der Waals surface area contributed by atoms with Crippen molar-refractivity contribution in [3.63, 3.8) is 0 Å². The molecule has 1 saturated heterocycles. The summed E-state index contributed by atoms with van der Waals surface area (Å²) in [5.41, 5.74) is 2.14. The van der Waals surface area contributed by atoms with Crippen LogP contribution in [0.5, 0.6) is 0 Å². The van der Waals surface area contributed by atoms with Crippen LogP contribution >= 0.6 is 0 Å². The molecule has 0 amide bonds. The first-order valence-electron chi connectivity index (χ1n) is 7.66. The van der Waals surface area contributed by atoms with Gasteiger partial charge in [0.15, 0.2) is 0 Å². The quantitative estimate of drug-likeness (QED) is 0.738. The van der Waals surface area contributed by atoms with Crippen LogP contribution in [0.3, 0.4) is 0 Å². The molecule has 0 spiro atoms. The molecule has 2 nitrogen and oxygen atoms in total. The van der Waals surface area contributed by atoms with Gasteiger partial charge in [-0.25, -0.2) is 0 Å². The predicted molar refractivity (Wildman–Crippen MR) is 90.3 cm³/mol. The minimum Gasteiger partial charge on any atom is -0.400 e. The molecule has 0 radical (unpaired) electrons. The van der Waals surface area contributed by atoms with E-state index in [0.29, 0.717) is 0 Å². The Balaban J connectivity index is 2.06. The highest BCUT2D eigenvalue weighted by molar-refractivity contribution is 6.52. The number of hydrogen-bond acceptors (Lipinski definition) is 2. The lowest BCUT2D eigenvalue weighted by molar-refractivity contribution is 0.00578. The second-order valence-corrected chi connectivity index (χ2v) is 7.86. The smallest absolute Gasteiger partial charge is 0.400 e. The molecular formula is C18H27BO2. The zero-order valence-electron chi connectivity index (χ0n) is 14.4. The summed E-state index contributed by atoms with van der Waals surface area (Å²) in [6.45, 7) is 14.9. The molecule has 1 fully saturated rings. The van der Waals surface area contributed by atoms with E-state index in [4.69, 9.17) is 9.31 Å². The van der Waals surface area contributed by atoms with Crippen molar-refractivity contribution < 1.29 is 9.31 Å². The maximum absolute atomic E-state index is 5.95. The maximum Gasteiger partial charge on any atom is 0.487 e. The van der Waals surface area contributed by atoms with Gasteiger partial charge in [-0.2, -0.15) is 0 Å². The third-order valence-corrected chi connectivity index (χ3v) is 4.49. The zero-order valence-corrected chi connectivity index (χ0v) is 14.4. The van der Waals surface area contributed by atoms with Crippen LogP contribution < -0.4 is 0 Å². The molecule has 0 aliphatic carbocycles. The Morgan fingerprint density at radius 3 is 1.81 bits per heavy atom. The number of rotatable bonds is 2. The van der Waals surface area contributed by atoms with E-state index in [1.54, 1.807) is 0 Å². The van der Waals surface area contributed by atoms with Crippen molar-refractivity contribution in [2.75, 3.05) is 0 Å². The first kappa shape index (κ1) is 16.3. The summed E-state index contributed by atoms with van der Waals surface area (Å²) in [6.07, 6.45) is 2.06. The SMILES string of the molecule is CC(C)(C)c1ccc(C=CB2OC(C)(C)C(C)(C)O2)cc1. The molecule has 0 aromatic heterocycles. The van der Waals surface area contributed by atoms with E-state index in [1.807, 2.05) is 5.98 Å². The fourth-order valence-electron chi connectivity index (χ4n) is 2.25. The highest BCUT2D eigenvalue weighted by Crippen LogP contribution is 2.37. The Morgan fingerprint density at radius 2 is 1.38 bits per heavy atom. The molecule has 0 saturated carbocycles. The highest BCUT2D eigenvalue weighted by Gasteiger charge is 2.49. The summed E-state index contributed by atoms with van der Waals surface area (Å²) in [7, 11) is -0.280. The average molecular weight is 286 g/mol. The second-order valence-electron chi connectivity index (χ2n) is 7.86. The van der Waals surface area contributed by atoms with Crippen LogP contribution in [0.4, 0.5) is 0 Å². The summed E-state index contributed by atoms with van der Waals surface area (Å²) in [5, 5.41) is 0. The Morgan fingerprint density at radius 1 is 0.905 bits per heavy atom. The Labute approximate surface area is 129 Å². The van der Waals surface area contributed by atoms with Crippen molar-refractivity contribution in [3.05, 3.63) is 41.4 Å². The summed E-state index contributed by atoms with van der Waals surface area (Å²) >= 11 is 0. The van der Waals surface area contributed by atoms with Crippen LogP contribution in [-0.4, -0.2) is 18.3 Å². The van der Waals surface area contributed by atoms with E-state index in [-0.39, 0.29) is 23.7 Å². The van der Waals surface area contributed by atoms with Crippen LogP contribution in [-0.2, 0) is 14.7 Å². The molecule has 0 unspecified atom stereocenters. The second kappa shape index (κ2) is 5.29. The third kappa shape index (κ3) is 3.59. The zero-order chi connectivity index (χ0) is 15.9. The van der Waals surface area contributed by atoms with Crippen molar-refractivity contribution in [2.45, 2.75) is 65.1 Å². The van der Waals surface area contributed by atoms with E-state index < -0.39 is 0 Å². The van der Waals surface area contributed by atoms with Crippen molar-refractivity contribution in [1.29, 1.82) is 0 Å². The molecule has 114 valence electrons. The lowest BCUT2D eigenvalue weighted by Gasteiger charge is -2.32. The molecule has 1 aliphatic rings. The van der Waals surface area contributed by atoms with Gasteiger partial charge in [-0.3, -0.25) is 0 Å². The fraction of sp³-hybridized carbons (Fsp3) is 0.556. The van der Waals surface area contributed by atoms with E-state index >= 15 is 0 Å². The molecule has 0 N–H and O–H groups in total. The highest BCUT2D eigenvalue weighted by atomic mass is 16.7. The summed E-state index contributed by atoms with van der Waals surface area (Å²) < 4.78 is 11.9. The van der Waals surface area contributed by atoms with Crippen LogP contribution in [0.25, 0.3) is 6.08 Å². The van der Waals surface area contributed by atoms with Gasteiger partial charge in [0.2, 0.25) is 0 Å². The Bertz CT molecular complexity index is 505. The third-order valence-electron chi connectivity index (χ3n) is 4.49. The molecular weight excluding hydrogens is 259 g/mol. The largest absolute Gasteiger partial charge is 0.487 e. The van der Waals surface area contributed by atoms with Gasteiger partial charge in [-0.05, 0) is 44.2 Å². The normalized spacial score (nSPS) is 21.2. The molecule has 21 heavy (non-hydrogen) atoms. The summed E-state index contributed by atoms with van der Waals surface area (Å²) in [6, 6.07) is 8.65. The number of benzene rings is 1. The lowest BCUT2D eigenvalue weighted by atomic mass is 9.86. The van der Waals surface area contributed by atoms with Crippen molar-refractivity contribution in [3.8, 4) is 0 Å². The number of hydrogen-bond donors (Lipinski definition) is 0. The van der Waals surface area contributed by atoms with Gasteiger partial charge in [-0.1, -0.05) is 57.1 Å². The van der Waals surface area contributed by atoms with Crippen LogP contribution in [0.2, 0.25) is 0 Å². The molecule has 0 atom stereocenters. The topological polar surface area (TPSA) is 18.5 Å². The van der Waals surface area contributed by atoms with Gasteiger partial charge in [0.05, 0.1) is 11.2 Å². The predicted octanol–water partition coefficient (Wildman–Crippen LogP) is 4.63. The van der Waals surface area contributed by atoms with Crippen molar-refractivity contribution in [2.24, 2.45) is 0 Å². The lowest BCUT2D eigenvalue weighted by Crippen LogP contribution is -2.41. The van der Waals surface area contributed by atoms with E-state index in [0.717, 1.165) is 5.56 Å². The van der Waals surface area contributed by atoms with Gasteiger partial charge >= 0.3 is 7.12 Å². The van der Waals surface area contributed by atoms with Gasteiger partial charge in [0.25, 0.3) is 0 Å². The van der Waals surface area contributed by atoms with Gasteiger partial charge in [-0.15, -0.1) is 0 Å². The van der Waals surface area contributed by atoms with Crippen molar-refractivity contribution >= 4 is 13.2 Å². The minimum atomic E-state index is -0.280. The van der Waals surface area contributed by atoms with Crippen LogP contribution in [0.1, 0.15) is 59.6 Å². The van der Waals surface area contributed by atoms with Crippen LogP contribution in [0.15, 0.2) is 30.2 Å². The summed E-state index contributed by atoms with van der Waals surface area (Å²) in [5.74, 6) is 1.99. The van der Waals surface area contributed by atoms with E-state index in [1.165, 1.54) is 5.56 Å². The van der Waals surface area contributed by atoms with Crippen molar-refractivity contribution in [1.82, 2.24) is 0 Å². The minimum absolute atomic E-state index is 0.188. The van der Waals surface area contributed by atoms with E-state index in [2.05, 4.69) is 78.8 Å². The molecule has 2 rings (SSSR count). The fourth-order valence-corrected chi connectivity index (χ4v) is 2.25. The molecule has 0 bridgehead atoms. The molecule has 3 heteroatoms. The van der Waals surface area contributed by atoms with Crippen LogP contribution in [0, 0.1) is 0 Å². The summed E-state index contributed by atoms with van der Waals surface area (Å²) in [4.78, 5) is 0. The van der Waals surface area contributed by atoms with Gasteiger partial charge in [0.1, 0.15) is 0 Å². The molecule has 1 aromatic carbocycles. The standard InChI is InChI=1S/C18H27BO2/c1-16(2,3)15-10-8-14(9-11-15)12-13-19-20-17(4,5)18(6,7)21-19/h8-13H,1-7H3. The first-order chi connectivity index (χ1) is 9.51. The van der Waals surface area contributed by atoms with E-state index in [9.17, 15) is 0 Å².